The van der Waals surface area contributed by atoms with Crippen LogP contribution >= 0.6 is 0 Å². The van der Waals surface area contributed by atoms with Crippen LogP contribution in [-0.4, -0.2) is 106 Å². The number of aliphatic imine (C=N–C) groups is 1. The van der Waals surface area contributed by atoms with Gasteiger partial charge in [0.15, 0.2) is 5.96 Å². The van der Waals surface area contributed by atoms with Crippen LogP contribution in [0.5, 0.6) is 0 Å². The van der Waals surface area contributed by atoms with Gasteiger partial charge in [0.2, 0.25) is 0 Å². The van der Waals surface area contributed by atoms with E-state index in [1.54, 1.807) is 4.90 Å². The number of amides is 1. The summed E-state index contributed by atoms with van der Waals surface area (Å²) in [6.07, 6.45) is 2.10. The fourth-order valence-corrected chi connectivity index (χ4v) is 4.18. The Labute approximate surface area is 186 Å². The van der Waals surface area contributed by atoms with E-state index < -0.39 is 0 Å². The van der Waals surface area contributed by atoms with Gasteiger partial charge in [0.1, 0.15) is 0 Å². The first-order valence-corrected chi connectivity index (χ1v) is 11.6. The van der Waals surface area contributed by atoms with Gasteiger partial charge in [-0.2, -0.15) is 0 Å². The summed E-state index contributed by atoms with van der Waals surface area (Å²) < 4.78 is 5.09. The maximum Gasteiger partial charge on any atom is 0.409 e. The minimum atomic E-state index is -0.213. The van der Waals surface area contributed by atoms with Crippen LogP contribution in [0.4, 0.5) is 10.5 Å². The highest BCUT2D eigenvalue weighted by atomic mass is 16.6. The summed E-state index contributed by atoms with van der Waals surface area (Å²) in [4.78, 5) is 25.3. The number of guanidine groups is 1. The highest BCUT2D eigenvalue weighted by molar-refractivity contribution is 5.80. The molecule has 0 unspecified atom stereocenters. The van der Waals surface area contributed by atoms with Crippen molar-refractivity contribution in [3.05, 3.63) is 30.3 Å². The van der Waals surface area contributed by atoms with Gasteiger partial charge in [0, 0.05) is 71.6 Å². The number of para-hydroxylation sites is 1. The SMILES string of the molecule is CCOC(=O)N1CCN(C(=NC)NCCCCN2CCN(c3ccccc3)CC2)CC1. The molecule has 2 aliphatic rings. The molecule has 0 saturated carbocycles. The van der Waals surface area contributed by atoms with E-state index in [0.29, 0.717) is 19.7 Å². The Kier molecular flexibility index (Phi) is 9.27. The Bertz CT molecular complexity index is 683. The molecule has 3 rings (SSSR count). The molecule has 0 aromatic heterocycles. The Morgan fingerprint density at radius 3 is 2.29 bits per heavy atom. The average molecular weight is 431 g/mol. The van der Waals surface area contributed by atoms with Gasteiger partial charge in [-0.15, -0.1) is 0 Å². The highest BCUT2D eigenvalue weighted by Crippen LogP contribution is 2.15. The topological polar surface area (TPSA) is 63.7 Å². The predicted octanol–water partition coefficient (Wildman–Crippen LogP) is 1.94. The monoisotopic (exact) mass is 430 g/mol. The van der Waals surface area contributed by atoms with Crippen molar-refractivity contribution >= 4 is 17.7 Å². The van der Waals surface area contributed by atoms with Crippen LogP contribution in [0.15, 0.2) is 35.3 Å². The van der Waals surface area contributed by atoms with Crippen molar-refractivity contribution in [3.8, 4) is 0 Å². The Morgan fingerprint density at radius 1 is 0.968 bits per heavy atom. The van der Waals surface area contributed by atoms with Crippen LogP contribution < -0.4 is 10.2 Å². The molecule has 0 radical (unpaired) electrons. The third-order valence-corrected chi connectivity index (χ3v) is 5.99. The summed E-state index contributed by atoms with van der Waals surface area (Å²) in [7, 11) is 1.83. The standard InChI is InChI=1S/C23H38N6O2/c1-3-31-23(30)29-19-17-28(18-20-29)22(24-2)25-11-7-8-12-26-13-15-27(16-14-26)21-9-5-4-6-10-21/h4-6,9-10H,3,7-8,11-20H2,1-2H3,(H,24,25). The fraction of sp³-hybridized carbons (Fsp3) is 0.652. The molecular formula is C23H38N6O2. The molecule has 2 fully saturated rings. The lowest BCUT2D eigenvalue weighted by Crippen LogP contribution is -2.54. The van der Waals surface area contributed by atoms with Crippen molar-refractivity contribution in [2.24, 2.45) is 4.99 Å². The Balaban J connectivity index is 1.27. The minimum absolute atomic E-state index is 0.213. The first-order chi connectivity index (χ1) is 15.2. The number of nitrogens with one attached hydrogen (secondary N) is 1. The van der Waals surface area contributed by atoms with Crippen molar-refractivity contribution in [2.75, 3.05) is 84.0 Å². The van der Waals surface area contributed by atoms with Gasteiger partial charge >= 0.3 is 6.09 Å². The molecule has 172 valence electrons. The summed E-state index contributed by atoms with van der Waals surface area (Å²) in [5.41, 5.74) is 1.33. The molecule has 0 atom stereocenters. The van der Waals surface area contributed by atoms with Gasteiger partial charge in [-0.25, -0.2) is 4.79 Å². The summed E-state index contributed by atoms with van der Waals surface area (Å²) >= 11 is 0. The van der Waals surface area contributed by atoms with Crippen LogP contribution in [0.25, 0.3) is 0 Å². The largest absolute Gasteiger partial charge is 0.450 e. The number of nitrogens with zero attached hydrogens (tertiary/aromatic N) is 5. The molecule has 2 heterocycles. The van der Waals surface area contributed by atoms with Crippen LogP contribution in [0, 0.1) is 0 Å². The summed E-state index contributed by atoms with van der Waals surface area (Å²) in [5.74, 6) is 0.931. The molecule has 8 nitrogen and oxygen atoms in total. The second kappa shape index (κ2) is 12.4. The average Bonchev–Trinajstić information content (AvgIpc) is 2.83. The van der Waals surface area contributed by atoms with Gasteiger partial charge < -0.3 is 24.8 Å². The molecule has 1 aromatic carbocycles. The lowest BCUT2D eigenvalue weighted by molar-refractivity contribution is 0.0914. The molecule has 31 heavy (non-hydrogen) atoms. The normalized spacial score (nSPS) is 18.3. The number of unbranched alkanes of at least 4 members (excludes halogenated alkanes) is 1. The molecule has 1 N–H and O–H groups in total. The number of anilines is 1. The molecular weight excluding hydrogens is 392 g/mol. The Hall–Kier alpha value is -2.48. The summed E-state index contributed by atoms with van der Waals surface area (Å²) in [6.45, 7) is 11.7. The number of hydrogen-bond donors (Lipinski definition) is 1. The van der Waals surface area contributed by atoms with Crippen molar-refractivity contribution < 1.29 is 9.53 Å². The summed E-state index contributed by atoms with van der Waals surface area (Å²) in [6, 6.07) is 10.7. The number of rotatable bonds is 7. The van der Waals surface area contributed by atoms with E-state index in [2.05, 4.69) is 55.3 Å². The lowest BCUT2D eigenvalue weighted by Gasteiger charge is -2.36. The minimum Gasteiger partial charge on any atom is -0.450 e. The zero-order valence-electron chi connectivity index (χ0n) is 19.1. The highest BCUT2D eigenvalue weighted by Gasteiger charge is 2.23. The quantitative estimate of drug-likeness (QED) is 0.405. The smallest absolute Gasteiger partial charge is 0.409 e. The van der Waals surface area contributed by atoms with Gasteiger partial charge in [-0.1, -0.05) is 18.2 Å². The molecule has 8 heteroatoms. The van der Waals surface area contributed by atoms with Crippen molar-refractivity contribution in [1.82, 2.24) is 20.0 Å². The predicted molar refractivity (Wildman–Crippen MR) is 126 cm³/mol. The summed E-state index contributed by atoms with van der Waals surface area (Å²) in [5, 5.41) is 3.49. The number of ether oxygens (including phenoxy) is 1. The number of carbonyl (C=O) groups is 1. The van der Waals surface area contributed by atoms with Gasteiger partial charge in [0.05, 0.1) is 6.61 Å². The van der Waals surface area contributed by atoms with Crippen LogP contribution in [-0.2, 0) is 4.74 Å². The maximum absolute atomic E-state index is 11.8. The number of hydrogen-bond acceptors (Lipinski definition) is 5. The molecule has 2 saturated heterocycles. The number of benzene rings is 1. The van der Waals surface area contributed by atoms with E-state index in [9.17, 15) is 4.79 Å². The van der Waals surface area contributed by atoms with Crippen LogP contribution in [0.2, 0.25) is 0 Å². The Morgan fingerprint density at radius 2 is 1.65 bits per heavy atom. The zero-order chi connectivity index (χ0) is 21.9. The maximum atomic E-state index is 11.8. The third-order valence-electron chi connectivity index (χ3n) is 5.99. The van der Waals surface area contributed by atoms with Crippen molar-refractivity contribution in [2.45, 2.75) is 19.8 Å². The van der Waals surface area contributed by atoms with Crippen LogP contribution in [0.3, 0.4) is 0 Å². The molecule has 1 amide bonds. The molecule has 0 spiro atoms. The van der Waals surface area contributed by atoms with Gasteiger partial charge in [-0.3, -0.25) is 9.89 Å². The van der Waals surface area contributed by atoms with E-state index in [4.69, 9.17) is 4.74 Å². The first-order valence-electron chi connectivity index (χ1n) is 11.6. The fourth-order valence-electron chi connectivity index (χ4n) is 4.18. The van der Waals surface area contributed by atoms with E-state index >= 15 is 0 Å². The molecule has 2 aliphatic heterocycles. The van der Waals surface area contributed by atoms with Gasteiger partial charge in [-0.05, 0) is 38.4 Å². The second-order valence-electron chi connectivity index (χ2n) is 8.02. The molecule has 0 aliphatic carbocycles. The second-order valence-corrected chi connectivity index (χ2v) is 8.02. The lowest BCUT2D eigenvalue weighted by atomic mass is 10.2. The van der Waals surface area contributed by atoms with Crippen LogP contribution in [0.1, 0.15) is 19.8 Å². The molecule has 1 aromatic rings. The number of carbonyl (C=O) groups excluding carboxylic acids is 1. The van der Waals surface area contributed by atoms with E-state index in [1.165, 1.54) is 12.1 Å². The van der Waals surface area contributed by atoms with Gasteiger partial charge in [0.25, 0.3) is 0 Å². The first kappa shape index (κ1) is 23.2. The van der Waals surface area contributed by atoms with Crippen molar-refractivity contribution in [1.29, 1.82) is 0 Å². The van der Waals surface area contributed by atoms with E-state index in [1.807, 2.05) is 14.0 Å². The number of piperazine rings is 2. The molecule has 0 bridgehead atoms. The zero-order valence-corrected chi connectivity index (χ0v) is 19.1. The van der Waals surface area contributed by atoms with E-state index in [0.717, 1.165) is 64.7 Å². The van der Waals surface area contributed by atoms with Crippen molar-refractivity contribution in [3.63, 3.8) is 0 Å². The van der Waals surface area contributed by atoms with E-state index in [-0.39, 0.29) is 6.09 Å². The third kappa shape index (κ3) is 7.02.